The Bertz CT molecular complexity index is 317. The molecule has 4 N–H and O–H groups in total. The molecule has 0 aliphatic carbocycles. The van der Waals surface area contributed by atoms with Gasteiger partial charge >= 0.3 is 12.2 Å². The number of ether oxygens (including phenoxy) is 2. The van der Waals surface area contributed by atoms with Gasteiger partial charge in [-0.3, -0.25) is 10.6 Å². The zero-order chi connectivity index (χ0) is 17.0. The van der Waals surface area contributed by atoms with Crippen LogP contribution >= 0.6 is 0 Å². The van der Waals surface area contributed by atoms with Crippen LogP contribution in [-0.4, -0.2) is 47.6 Å². The molecule has 0 fully saturated rings. The van der Waals surface area contributed by atoms with Crippen molar-refractivity contribution in [3.8, 4) is 0 Å². The molecule has 8 nitrogen and oxygen atoms in total. The van der Waals surface area contributed by atoms with E-state index in [1.165, 1.54) is 0 Å². The van der Waals surface area contributed by atoms with Crippen LogP contribution in [0.5, 0.6) is 0 Å². The zero-order valence-corrected chi connectivity index (χ0v) is 13.6. The van der Waals surface area contributed by atoms with E-state index in [4.69, 9.17) is 9.47 Å². The predicted molar refractivity (Wildman–Crippen MR) is 80.0 cm³/mol. The summed E-state index contributed by atoms with van der Waals surface area (Å²) in [7, 11) is 0. The van der Waals surface area contributed by atoms with Gasteiger partial charge in [0.1, 0.15) is 0 Å². The summed E-state index contributed by atoms with van der Waals surface area (Å²) in [6.45, 7) is 5.48. The van der Waals surface area contributed by atoms with Crippen molar-refractivity contribution in [2.24, 2.45) is 0 Å². The molecule has 0 radical (unpaired) electrons. The van der Waals surface area contributed by atoms with Crippen LogP contribution in [0.3, 0.4) is 0 Å². The quantitative estimate of drug-likeness (QED) is 0.453. The molecule has 0 bridgehead atoms. The lowest BCUT2D eigenvalue weighted by atomic mass is 10.1. The first-order valence-corrected chi connectivity index (χ1v) is 7.67. The third-order valence-electron chi connectivity index (χ3n) is 2.87. The van der Waals surface area contributed by atoms with Gasteiger partial charge in [-0.1, -0.05) is 13.3 Å². The van der Waals surface area contributed by atoms with Gasteiger partial charge in [-0.2, -0.15) is 0 Å². The fourth-order valence-electron chi connectivity index (χ4n) is 1.90. The molecule has 0 aromatic carbocycles. The first-order chi connectivity index (χ1) is 10.4. The first-order valence-electron chi connectivity index (χ1n) is 7.67. The summed E-state index contributed by atoms with van der Waals surface area (Å²) in [6, 6.07) is 0. The van der Waals surface area contributed by atoms with Crippen LogP contribution in [0.4, 0.5) is 9.59 Å². The summed E-state index contributed by atoms with van der Waals surface area (Å²) in [5, 5.41) is 24.4. The van der Waals surface area contributed by atoms with Gasteiger partial charge in [0.2, 0.25) is 5.85 Å². The van der Waals surface area contributed by atoms with Crippen LogP contribution in [0.1, 0.15) is 52.9 Å². The molecule has 0 aliphatic heterocycles. The van der Waals surface area contributed by atoms with Crippen LogP contribution in [0.25, 0.3) is 0 Å². The van der Waals surface area contributed by atoms with Crippen LogP contribution < -0.4 is 10.6 Å². The second-order valence-electron chi connectivity index (χ2n) is 4.89. The summed E-state index contributed by atoms with van der Waals surface area (Å²) in [5.74, 6) is -1.98. The Labute approximate surface area is 131 Å². The summed E-state index contributed by atoms with van der Waals surface area (Å²) in [5.41, 5.74) is 0. The molecule has 0 saturated heterocycles. The molecule has 130 valence electrons. The summed E-state index contributed by atoms with van der Waals surface area (Å²) < 4.78 is 9.39. The van der Waals surface area contributed by atoms with Crippen LogP contribution in [0.15, 0.2) is 0 Å². The van der Waals surface area contributed by atoms with E-state index in [9.17, 15) is 19.8 Å². The lowest BCUT2D eigenvalue weighted by Gasteiger charge is -2.29. The second kappa shape index (κ2) is 11.1. The molecule has 8 heteroatoms. The maximum atomic E-state index is 11.5. The fraction of sp³-hybridized carbons (Fsp3) is 0.857. The summed E-state index contributed by atoms with van der Waals surface area (Å²) in [6.07, 6.45) is 0.210. The maximum Gasteiger partial charge on any atom is 0.410 e. The molecule has 0 aromatic heterocycles. The molecular weight excluding hydrogens is 292 g/mol. The zero-order valence-electron chi connectivity index (χ0n) is 13.6. The Hall–Kier alpha value is -1.54. The van der Waals surface area contributed by atoms with E-state index in [0.29, 0.717) is 19.3 Å². The van der Waals surface area contributed by atoms with E-state index in [-0.39, 0.29) is 19.6 Å². The number of alkyl carbamates (subject to hydrolysis) is 2. The lowest BCUT2D eigenvalue weighted by Crippen LogP contribution is -2.61. The second-order valence-corrected chi connectivity index (χ2v) is 4.89. The largest absolute Gasteiger partial charge is 0.450 e. The topological polar surface area (TPSA) is 117 Å². The number of carbonyl (C=O) groups excluding carboxylic acids is 2. The van der Waals surface area contributed by atoms with E-state index < -0.39 is 24.1 Å². The summed E-state index contributed by atoms with van der Waals surface area (Å²) >= 11 is 0. The van der Waals surface area contributed by atoms with Gasteiger partial charge < -0.3 is 19.7 Å². The number of rotatable bonds is 10. The molecule has 1 atom stereocenters. The van der Waals surface area contributed by atoms with Gasteiger partial charge in [-0.25, -0.2) is 9.59 Å². The standard InChI is InChI=1S/C14H28N2O6/c1-4-8-11(17)9-7-10-14(20,15-12(18)21-5-2)16-13(19)22-6-3/h11,17,20H,4-10H2,1-3H3,(H,15,18)(H,16,19). The van der Waals surface area contributed by atoms with Gasteiger partial charge in [-0.05, 0) is 33.1 Å². The molecule has 2 amide bonds. The van der Waals surface area contributed by atoms with E-state index >= 15 is 0 Å². The highest BCUT2D eigenvalue weighted by Crippen LogP contribution is 2.13. The Morgan fingerprint density at radius 3 is 1.95 bits per heavy atom. The molecule has 0 aliphatic rings. The molecular formula is C14H28N2O6. The number of aliphatic hydroxyl groups excluding tert-OH is 1. The number of nitrogens with one attached hydrogen (secondary N) is 2. The van der Waals surface area contributed by atoms with Gasteiger partial charge in [0.25, 0.3) is 0 Å². The van der Waals surface area contributed by atoms with Gasteiger partial charge in [0, 0.05) is 6.42 Å². The minimum absolute atomic E-state index is 0.0192. The molecule has 0 aromatic rings. The number of hydrogen-bond acceptors (Lipinski definition) is 6. The predicted octanol–water partition coefficient (Wildman–Crippen LogP) is 1.46. The van der Waals surface area contributed by atoms with Crippen molar-refractivity contribution in [1.82, 2.24) is 10.6 Å². The van der Waals surface area contributed by atoms with Crippen molar-refractivity contribution >= 4 is 12.2 Å². The minimum atomic E-state index is -1.98. The highest BCUT2D eigenvalue weighted by molar-refractivity contribution is 5.71. The highest BCUT2D eigenvalue weighted by Gasteiger charge is 2.32. The molecule has 0 rings (SSSR count). The third kappa shape index (κ3) is 9.41. The summed E-state index contributed by atoms with van der Waals surface area (Å²) in [4.78, 5) is 22.9. The van der Waals surface area contributed by atoms with E-state index in [2.05, 4.69) is 10.6 Å². The van der Waals surface area contributed by atoms with Gasteiger partial charge in [-0.15, -0.1) is 0 Å². The van der Waals surface area contributed by atoms with Gasteiger partial charge in [0.15, 0.2) is 0 Å². The maximum absolute atomic E-state index is 11.5. The van der Waals surface area contributed by atoms with E-state index in [1.807, 2.05) is 6.92 Å². The van der Waals surface area contributed by atoms with Crippen molar-refractivity contribution in [3.63, 3.8) is 0 Å². The van der Waals surface area contributed by atoms with Crippen molar-refractivity contribution in [3.05, 3.63) is 0 Å². The van der Waals surface area contributed by atoms with Gasteiger partial charge in [0.05, 0.1) is 19.3 Å². The number of aliphatic hydroxyl groups is 2. The normalized spacial score (nSPS) is 12.4. The molecule has 0 spiro atoms. The van der Waals surface area contributed by atoms with Crippen molar-refractivity contribution in [2.75, 3.05) is 13.2 Å². The Kier molecular flexibility index (Phi) is 10.3. The first kappa shape index (κ1) is 20.5. The number of amides is 2. The monoisotopic (exact) mass is 320 g/mol. The van der Waals surface area contributed by atoms with Crippen molar-refractivity contribution in [1.29, 1.82) is 0 Å². The Morgan fingerprint density at radius 2 is 1.55 bits per heavy atom. The molecule has 0 saturated carbocycles. The smallest absolute Gasteiger partial charge is 0.410 e. The van der Waals surface area contributed by atoms with Crippen LogP contribution in [-0.2, 0) is 9.47 Å². The molecule has 22 heavy (non-hydrogen) atoms. The Balaban J connectivity index is 4.55. The Morgan fingerprint density at radius 1 is 1.05 bits per heavy atom. The minimum Gasteiger partial charge on any atom is -0.450 e. The fourth-order valence-corrected chi connectivity index (χ4v) is 1.90. The number of hydrogen-bond donors (Lipinski definition) is 4. The van der Waals surface area contributed by atoms with Crippen LogP contribution in [0.2, 0.25) is 0 Å². The van der Waals surface area contributed by atoms with E-state index in [0.717, 1.165) is 6.42 Å². The average Bonchev–Trinajstić information content (AvgIpc) is 2.38. The van der Waals surface area contributed by atoms with Crippen molar-refractivity contribution in [2.45, 2.75) is 64.8 Å². The van der Waals surface area contributed by atoms with E-state index in [1.54, 1.807) is 13.8 Å². The SMILES string of the molecule is CCCC(O)CCCC(O)(NC(=O)OCC)NC(=O)OCC. The molecule has 1 unspecified atom stereocenters. The highest BCUT2D eigenvalue weighted by atomic mass is 16.6. The third-order valence-corrected chi connectivity index (χ3v) is 2.87. The average molecular weight is 320 g/mol. The van der Waals surface area contributed by atoms with Crippen LogP contribution in [0, 0.1) is 0 Å². The number of carbonyl (C=O) groups is 2. The lowest BCUT2D eigenvalue weighted by molar-refractivity contribution is -0.0341. The van der Waals surface area contributed by atoms with Crippen molar-refractivity contribution < 1.29 is 29.3 Å². The molecule has 0 heterocycles.